The molecule has 0 aliphatic carbocycles. The number of aryl methyl sites for hydroxylation is 1. The predicted octanol–water partition coefficient (Wildman–Crippen LogP) is 4.53. The largest absolute Gasteiger partial charge is 0.285 e. The maximum absolute atomic E-state index is 13.0. The van der Waals surface area contributed by atoms with E-state index in [1.54, 1.807) is 18.3 Å². The third kappa shape index (κ3) is 5.10. The lowest BCUT2D eigenvalue weighted by Gasteiger charge is -2.08. The molecule has 3 heterocycles. The average molecular weight is 479 g/mol. The second-order valence-electron chi connectivity index (χ2n) is 8.50. The van der Waals surface area contributed by atoms with Crippen molar-refractivity contribution >= 4 is 5.78 Å². The molecular weight excluding hydrogens is 452 g/mol. The molecule has 1 N–H and O–H groups in total. The highest BCUT2D eigenvalue weighted by Gasteiger charge is 2.18. The summed E-state index contributed by atoms with van der Waals surface area (Å²) in [6.45, 7) is 2.90. The second kappa shape index (κ2) is 10.8. The molecule has 0 aliphatic heterocycles. The van der Waals surface area contributed by atoms with E-state index in [-0.39, 0.29) is 11.6 Å². The van der Waals surface area contributed by atoms with Crippen LogP contribution in [0.1, 0.15) is 53.8 Å². The van der Waals surface area contributed by atoms with E-state index in [0.29, 0.717) is 17.8 Å². The maximum Gasteiger partial charge on any atom is 0.232 e. The van der Waals surface area contributed by atoms with E-state index in [2.05, 4.69) is 54.7 Å². The van der Waals surface area contributed by atoms with Gasteiger partial charge in [-0.2, -0.15) is 0 Å². The molecule has 0 fully saturated rings. The molecule has 9 nitrogen and oxygen atoms in total. The van der Waals surface area contributed by atoms with Gasteiger partial charge in [0.25, 0.3) is 0 Å². The standard InChI is InChI=1S/C27H26N8O/c1-2-3-7-17-35-23(29-27(32-35)25(36)21-9-5-4-6-10-21)18-19-12-14-20(15-13-19)24-22(11-8-16-28-24)26-30-33-34-31-26/h4-6,8-16H,2-3,7,17-18H2,1H3,(H,30,31,33,34). The van der Waals surface area contributed by atoms with Crippen molar-refractivity contribution in [2.45, 2.75) is 39.2 Å². The van der Waals surface area contributed by atoms with Crippen molar-refractivity contribution in [3.8, 4) is 22.6 Å². The number of aromatic amines is 1. The number of H-pyrrole nitrogens is 1. The lowest BCUT2D eigenvalue weighted by Crippen LogP contribution is -2.07. The lowest BCUT2D eigenvalue weighted by molar-refractivity contribution is 0.102. The Kier molecular flexibility index (Phi) is 6.98. The topological polar surface area (TPSA) is 115 Å². The molecule has 3 aromatic heterocycles. The zero-order valence-corrected chi connectivity index (χ0v) is 20.0. The number of pyridine rings is 1. The Labute approximate surface area is 208 Å². The van der Waals surface area contributed by atoms with Gasteiger partial charge in [-0.15, -0.1) is 10.2 Å². The van der Waals surface area contributed by atoms with E-state index in [0.717, 1.165) is 54.0 Å². The predicted molar refractivity (Wildman–Crippen MR) is 135 cm³/mol. The number of tetrazole rings is 1. The van der Waals surface area contributed by atoms with Crippen LogP contribution in [0.5, 0.6) is 0 Å². The molecule has 180 valence electrons. The van der Waals surface area contributed by atoms with Crippen LogP contribution in [-0.4, -0.2) is 46.2 Å². The number of ketones is 1. The Balaban J connectivity index is 1.40. The Hall–Kier alpha value is -4.53. The molecule has 9 heteroatoms. The third-order valence-electron chi connectivity index (χ3n) is 5.96. The van der Waals surface area contributed by atoms with Crippen LogP contribution in [-0.2, 0) is 13.0 Å². The molecule has 0 spiro atoms. The molecule has 0 saturated heterocycles. The van der Waals surface area contributed by atoms with Gasteiger partial charge in [0.15, 0.2) is 5.82 Å². The summed E-state index contributed by atoms with van der Waals surface area (Å²) in [5.41, 5.74) is 4.24. The number of aromatic nitrogens is 8. The molecule has 5 aromatic rings. The van der Waals surface area contributed by atoms with Crippen molar-refractivity contribution in [3.63, 3.8) is 0 Å². The minimum Gasteiger partial charge on any atom is -0.285 e. The quantitative estimate of drug-likeness (QED) is 0.232. The zero-order chi connectivity index (χ0) is 24.7. The van der Waals surface area contributed by atoms with Crippen molar-refractivity contribution in [2.24, 2.45) is 0 Å². The maximum atomic E-state index is 13.0. The van der Waals surface area contributed by atoms with E-state index in [4.69, 9.17) is 0 Å². The van der Waals surface area contributed by atoms with Crippen LogP contribution in [0.2, 0.25) is 0 Å². The minimum absolute atomic E-state index is 0.161. The second-order valence-corrected chi connectivity index (χ2v) is 8.50. The fourth-order valence-corrected chi connectivity index (χ4v) is 4.07. The number of unbranched alkanes of at least 4 members (excludes halogenated alkanes) is 2. The number of nitrogens with zero attached hydrogens (tertiary/aromatic N) is 7. The smallest absolute Gasteiger partial charge is 0.232 e. The van der Waals surface area contributed by atoms with Crippen LogP contribution in [0.4, 0.5) is 0 Å². The van der Waals surface area contributed by atoms with Crippen molar-refractivity contribution < 1.29 is 4.79 Å². The van der Waals surface area contributed by atoms with Crippen LogP contribution in [0, 0.1) is 0 Å². The molecular formula is C27H26N8O. The molecule has 0 unspecified atom stereocenters. The summed E-state index contributed by atoms with van der Waals surface area (Å²) < 4.78 is 1.88. The van der Waals surface area contributed by atoms with Crippen LogP contribution >= 0.6 is 0 Å². The van der Waals surface area contributed by atoms with Gasteiger partial charge in [-0.05, 0) is 34.5 Å². The van der Waals surface area contributed by atoms with E-state index >= 15 is 0 Å². The molecule has 0 amide bonds. The number of hydrogen-bond donors (Lipinski definition) is 1. The number of hydrogen-bond acceptors (Lipinski definition) is 7. The summed E-state index contributed by atoms with van der Waals surface area (Å²) in [7, 11) is 0. The summed E-state index contributed by atoms with van der Waals surface area (Å²) in [6.07, 6.45) is 5.52. The van der Waals surface area contributed by atoms with Gasteiger partial charge in [-0.1, -0.05) is 74.4 Å². The third-order valence-corrected chi connectivity index (χ3v) is 5.96. The summed E-state index contributed by atoms with van der Waals surface area (Å²) in [6, 6.07) is 21.1. The van der Waals surface area contributed by atoms with Crippen LogP contribution < -0.4 is 0 Å². The summed E-state index contributed by atoms with van der Waals surface area (Å²) >= 11 is 0. The number of benzene rings is 2. The Morgan fingerprint density at radius 3 is 2.56 bits per heavy atom. The minimum atomic E-state index is -0.161. The van der Waals surface area contributed by atoms with Crippen LogP contribution in [0.15, 0.2) is 72.9 Å². The van der Waals surface area contributed by atoms with Gasteiger partial charge in [0.2, 0.25) is 11.6 Å². The summed E-state index contributed by atoms with van der Waals surface area (Å²) in [5, 5.41) is 18.8. The van der Waals surface area contributed by atoms with Crippen molar-refractivity contribution in [1.29, 1.82) is 0 Å². The van der Waals surface area contributed by atoms with Crippen molar-refractivity contribution in [2.75, 3.05) is 0 Å². The molecule has 0 atom stereocenters. The van der Waals surface area contributed by atoms with Gasteiger partial charge < -0.3 is 0 Å². The van der Waals surface area contributed by atoms with Gasteiger partial charge in [0.1, 0.15) is 5.82 Å². The average Bonchev–Trinajstić information content (AvgIpc) is 3.60. The highest BCUT2D eigenvalue weighted by molar-refractivity contribution is 6.06. The lowest BCUT2D eigenvalue weighted by atomic mass is 10.0. The molecule has 5 rings (SSSR count). The van der Waals surface area contributed by atoms with Crippen molar-refractivity contribution in [1.82, 2.24) is 40.4 Å². The highest BCUT2D eigenvalue weighted by atomic mass is 16.1. The molecule has 0 radical (unpaired) electrons. The number of carbonyl (C=O) groups excluding carboxylic acids is 1. The van der Waals surface area contributed by atoms with E-state index in [9.17, 15) is 4.79 Å². The molecule has 2 aromatic carbocycles. The number of nitrogens with one attached hydrogen (secondary N) is 1. The molecule has 36 heavy (non-hydrogen) atoms. The molecule has 0 saturated carbocycles. The Morgan fingerprint density at radius 2 is 1.81 bits per heavy atom. The first-order chi connectivity index (χ1) is 17.7. The van der Waals surface area contributed by atoms with E-state index in [1.807, 2.05) is 47.1 Å². The van der Waals surface area contributed by atoms with Crippen LogP contribution in [0.25, 0.3) is 22.6 Å². The van der Waals surface area contributed by atoms with Gasteiger partial charge in [0.05, 0.1) is 5.69 Å². The van der Waals surface area contributed by atoms with Gasteiger partial charge >= 0.3 is 0 Å². The normalized spacial score (nSPS) is 11.0. The monoisotopic (exact) mass is 478 g/mol. The SMILES string of the molecule is CCCCCn1nc(C(=O)c2ccccc2)nc1Cc1ccc(-c2ncccc2-c2nnn[nH]2)cc1. The van der Waals surface area contributed by atoms with Gasteiger partial charge in [-0.3, -0.25) is 9.78 Å². The van der Waals surface area contributed by atoms with Gasteiger partial charge in [0, 0.05) is 35.9 Å². The number of rotatable bonds is 10. The van der Waals surface area contributed by atoms with E-state index in [1.165, 1.54) is 0 Å². The van der Waals surface area contributed by atoms with E-state index < -0.39 is 0 Å². The summed E-state index contributed by atoms with van der Waals surface area (Å²) in [5.74, 6) is 1.43. The Bertz CT molecular complexity index is 1430. The zero-order valence-electron chi connectivity index (χ0n) is 20.0. The summed E-state index contributed by atoms with van der Waals surface area (Å²) in [4.78, 5) is 22.2. The van der Waals surface area contributed by atoms with Crippen molar-refractivity contribution in [3.05, 3.63) is 95.7 Å². The van der Waals surface area contributed by atoms with Crippen LogP contribution in [0.3, 0.4) is 0 Å². The Morgan fingerprint density at radius 1 is 0.972 bits per heavy atom. The van der Waals surface area contributed by atoms with Gasteiger partial charge in [-0.25, -0.2) is 14.8 Å². The molecule has 0 aliphatic rings. The fraction of sp³-hybridized carbons (Fsp3) is 0.222. The first-order valence-electron chi connectivity index (χ1n) is 12.0. The first-order valence-corrected chi connectivity index (χ1v) is 12.0. The first kappa shape index (κ1) is 23.2. The highest BCUT2D eigenvalue weighted by Crippen LogP contribution is 2.28. The number of carbonyl (C=O) groups is 1. The molecule has 0 bridgehead atoms. The fourth-order valence-electron chi connectivity index (χ4n) is 4.07.